The molecule has 1 aliphatic heterocycles. The Balaban J connectivity index is 2.17. The number of carbonyl (C=O) groups excluding carboxylic acids is 1. The minimum Gasteiger partial charge on any atom is -0.431 e. The van der Waals surface area contributed by atoms with Crippen molar-refractivity contribution in [3.8, 4) is 0 Å². The number of alkyl halides is 1. The van der Waals surface area contributed by atoms with Gasteiger partial charge in [-0.1, -0.05) is 57.9 Å². The van der Waals surface area contributed by atoms with E-state index in [1.807, 2.05) is 36.4 Å². The third-order valence-corrected chi connectivity index (χ3v) is 3.97. The predicted molar refractivity (Wildman–Crippen MR) is 72.6 cm³/mol. The molecule has 0 saturated heterocycles. The van der Waals surface area contributed by atoms with Crippen LogP contribution in [0.3, 0.4) is 0 Å². The van der Waals surface area contributed by atoms with Crippen LogP contribution in [0.25, 0.3) is 0 Å². The first-order chi connectivity index (χ1) is 8.61. The lowest BCUT2D eigenvalue weighted by atomic mass is 9.99. The molecule has 2 aromatic carbocycles. The molecule has 2 nitrogen and oxygen atoms in total. The molecule has 0 aliphatic carbocycles. The van der Waals surface area contributed by atoms with E-state index in [0.29, 0.717) is 11.1 Å². The fraction of sp³-hybridized carbons (Fsp3) is 0.0714. The number of rotatable bonds is 1. The second-order valence-electron chi connectivity index (χ2n) is 4.04. The Morgan fingerprint density at radius 1 is 1.06 bits per heavy atom. The zero-order valence-corrected chi connectivity index (χ0v) is 11.5. The first kappa shape index (κ1) is 11.8. The maximum Gasteiger partial charge on any atom is 0.340 e. The van der Waals surface area contributed by atoms with Crippen LogP contribution >= 0.6 is 27.5 Å². The molecule has 0 bridgehead atoms. The zero-order valence-electron chi connectivity index (χ0n) is 9.19. The average molecular weight is 324 g/mol. The summed E-state index contributed by atoms with van der Waals surface area (Å²) in [4.78, 5) is 11.8. The van der Waals surface area contributed by atoms with E-state index in [4.69, 9.17) is 16.3 Å². The zero-order chi connectivity index (χ0) is 12.8. The van der Waals surface area contributed by atoms with Crippen molar-refractivity contribution >= 4 is 33.5 Å². The van der Waals surface area contributed by atoms with Crippen LogP contribution in [-0.4, -0.2) is 5.97 Å². The molecule has 90 valence electrons. The van der Waals surface area contributed by atoms with Crippen LogP contribution in [0.15, 0.2) is 53.0 Å². The van der Waals surface area contributed by atoms with Crippen LogP contribution in [0.2, 0.25) is 0 Å². The number of halogens is 2. The number of fused-ring (bicyclic) bond motifs is 1. The molecule has 0 fully saturated rings. The van der Waals surface area contributed by atoms with E-state index in [-0.39, 0.29) is 5.97 Å². The first-order valence-electron chi connectivity index (χ1n) is 5.39. The fourth-order valence-corrected chi connectivity index (χ4v) is 2.68. The SMILES string of the molecule is O=C1OC(Cl)(c2ccc(Br)cc2)c2ccccc21. The van der Waals surface area contributed by atoms with Gasteiger partial charge in [0.1, 0.15) is 0 Å². The Bertz CT molecular complexity index is 624. The van der Waals surface area contributed by atoms with Crippen LogP contribution in [0.1, 0.15) is 21.5 Å². The van der Waals surface area contributed by atoms with E-state index in [1.165, 1.54) is 0 Å². The molecule has 0 saturated carbocycles. The van der Waals surface area contributed by atoms with Crippen molar-refractivity contribution in [3.05, 3.63) is 69.7 Å². The maximum absolute atomic E-state index is 11.8. The maximum atomic E-state index is 11.8. The monoisotopic (exact) mass is 322 g/mol. The van der Waals surface area contributed by atoms with Crippen molar-refractivity contribution in [1.29, 1.82) is 0 Å². The number of hydrogen-bond donors (Lipinski definition) is 0. The highest BCUT2D eigenvalue weighted by Crippen LogP contribution is 2.45. The predicted octanol–water partition coefficient (Wildman–Crippen LogP) is 4.06. The number of carbonyl (C=O) groups is 1. The number of ether oxygens (including phenoxy) is 1. The summed E-state index contributed by atoms with van der Waals surface area (Å²) >= 11 is 9.88. The Hall–Kier alpha value is -1.32. The standard InChI is InChI=1S/C14H8BrClO2/c15-10-7-5-9(6-8-10)14(16)12-4-2-1-3-11(12)13(17)18-14/h1-8H. The van der Waals surface area contributed by atoms with Gasteiger partial charge < -0.3 is 4.74 Å². The van der Waals surface area contributed by atoms with Crippen molar-refractivity contribution in [1.82, 2.24) is 0 Å². The number of hydrogen-bond acceptors (Lipinski definition) is 2. The van der Waals surface area contributed by atoms with E-state index >= 15 is 0 Å². The highest BCUT2D eigenvalue weighted by atomic mass is 79.9. The third kappa shape index (κ3) is 1.66. The Kier molecular flexibility index (Phi) is 2.68. The summed E-state index contributed by atoms with van der Waals surface area (Å²) in [7, 11) is 0. The molecular weight excluding hydrogens is 316 g/mol. The molecule has 0 amide bonds. The van der Waals surface area contributed by atoms with Crippen LogP contribution in [-0.2, 0) is 9.80 Å². The highest BCUT2D eigenvalue weighted by Gasteiger charge is 2.45. The molecule has 1 atom stereocenters. The quantitative estimate of drug-likeness (QED) is 0.584. The van der Waals surface area contributed by atoms with Crippen LogP contribution in [0.4, 0.5) is 0 Å². The van der Waals surface area contributed by atoms with Gasteiger partial charge in [-0.25, -0.2) is 4.79 Å². The van der Waals surface area contributed by atoms with Crippen LogP contribution < -0.4 is 0 Å². The summed E-state index contributed by atoms with van der Waals surface area (Å²) in [6.07, 6.45) is 0. The minimum absolute atomic E-state index is 0.386. The summed E-state index contributed by atoms with van der Waals surface area (Å²) < 4.78 is 6.30. The minimum atomic E-state index is -1.21. The highest BCUT2D eigenvalue weighted by molar-refractivity contribution is 9.10. The molecule has 1 unspecified atom stereocenters. The molecule has 0 radical (unpaired) electrons. The molecule has 18 heavy (non-hydrogen) atoms. The van der Waals surface area contributed by atoms with Crippen molar-refractivity contribution in [2.45, 2.75) is 5.06 Å². The average Bonchev–Trinajstić information content (AvgIpc) is 2.64. The largest absolute Gasteiger partial charge is 0.431 e. The van der Waals surface area contributed by atoms with Crippen molar-refractivity contribution in [2.24, 2.45) is 0 Å². The Morgan fingerprint density at radius 3 is 2.44 bits per heavy atom. The summed E-state index contributed by atoms with van der Waals surface area (Å²) in [6, 6.07) is 14.6. The van der Waals surface area contributed by atoms with Crippen LogP contribution in [0, 0.1) is 0 Å². The van der Waals surface area contributed by atoms with E-state index in [0.717, 1.165) is 10.0 Å². The topological polar surface area (TPSA) is 26.3 Å². The molecule has 1 heterocycles. The molecule has 1 aliphatic rings. The first-order valence-corrected chi connectivity index (χ1v) is 6.56. The van der Waals surface area contributed by atoms with Gasteiger partial charge in [0.2, 0.25) is 5.06 Å². The smallest absolute Gasteiger partial charge is 0.340 e. The van der Waals surface area contributed by atoms with Gasteiger partial charge in [-0.15, -0.1) is 0 Å². The molecule has 2 aromatic rings. The second-order valence-corrected chi connectivity index (χ2v) is 5.49. The van der Waals surface area contributed by atoms with E-state index < -0.39 is 5.06 Å². The third-order valence-electron chi connectivity index (χ3n) is 2.94. The molecule has 0 N–H and O–H groups in total. The van der Waals surface area contributed by atoms with E-state index in [1.54, 1.807) is 12.1 Å². The molecule has 0 spiro atoms. The van der Waals surface area contributed by atoms with Gasteiger partial charge in [0, 0.05) is 15.6 Å². The summed E-state index contributed by atoms with van der Waals surface area (Å²) in [5.74, 6) is -0.386. The van der Waals surface area contributed by atoms with E-state index in [9.17, 15) is 4.79 Å². The number of cyclic esters (lactones) is 1. The normalized spacial score (nSPS) is 21.6. The lowest BCUT2D eigenvalue weighted by Crippen LogP contribution is -2.20. The number of benzene rings is 2. The van der Waals surface area contributed by atoms with Gasteiger partial charge in [-0.05, 0) is 18.2 Å². The molecular formula is C14H8BrClO2. The lowest BCUT2D eigenvalue weighted by molar-refractivity contribution is 0.0366. The van der Waals surface area contributed by atoms with Gasteiger partial charge in [0.05, 0.1) is 5.56 Å². The van der Waals surface area contributed by atoms with Crippen molar-refractivity contribution in [2.75, 3.05) is 0 Å². The Morgan fingerprint density at radius 2 is 1.72 bits per heavy atom. The van der Waals surface area contributed by atoms with Gasteiger partial charge >= 0.3 is 5.97 Å². The van der Waals surface area contributed by atoms with Crippen molar-refractivity contribution in [3.63, 3.8) is 0 Å². The summed E-state index contributed by atoms with van der Waals surface area (Å²) in [5, 5.41) is -1.21. The molecule has 4 heteroatoms. The molecule has 0 aromatic heterocycles. The van der Waals surface area contributed by atoms with Gasteiger partial charge in [0.25, 0.3) is 0 Å². The van der Waals surface area contributed by atoms with E-state index in [2.05, 4.69) is 15.9 Å². The summed E-state index contributed by atoms with van der Waals surface area (Å²) in [5.41, 5.74) is 1.96. The number of esters is 1. The van der Waals surface area contributed by atoms with Gasteiger partial charge in [0.15, 0.2) is 0 Å². The Labute approximate surface area is 118 Å². The molecule has 3 rings (SSSR count). The van der Waals surface area contributed by atoms with Gasteiger partial charge in [-0.2, -0.15) is 0 Å². The summed E-state index contributed by atoms with van der Waals surface area (Å²) in [6.45, 7) is 0. The lowest BCUT2D eigenvalue weighted by Gasteiger charge is -2.21. The van der Waals surface area contributed by atoms with Gasteiger partial charge in [-0.3, -0.25) is 0 Å². The second kappa shape index (κ2) is 4.11. The van der Waals surface area contributed by atoms with Crippen molar-refractivity contribution < 1.29 is 9.53 Å². The fourth-order valence-electron chi connectivity index (χ4n) is 2.06. The van der Waals surface area contributed by atoms with Crippen LogP contribution in [0.5, 0.6) is 0 Å².